The number of benzene rings is 3. The first-order valence-electron chi connectivity index (χ1n) is 12.2. The summed E-state index contributed by atoms with van der Waals surface area (Å²) >= 11 is 0. The summed E-state index contributed by atoms with van der Waals surface area (Å²) in [6.45, 7) is 6.87. The average molecular weight is 472 g/mol. The fourth-order valence-corrected chi connectivity index (χ4v) is 4.65. The summed E-state index contributed by atoms with van der Waals surface area (Å²) in [5.74, 6) is 0.342. The largest absolute Gasteiger partial charge is 0.488 e. The Kier molecular flexibility index (Phi) is 7.98. The van der Waals surface area contributed by atoms with Gasteiger partial charge in [0.25, 0.3) is 0 Å². The molecule has 0 bridgehead atoms. The third-order valence-electron chi connectivity index (χ3n) is 6.57. The van der Waals surface area contributed by atoms with E-state index in [0.29, 0.717) is 25.9 Å². The molecule has 1 saturated heterocycles. The van der Waals surface area contributed by atoms with Crippen LogP contribution < -0.4 is 4.74 Å². The molecule has 4 rings (SSSR count). The third kappa shape index (κ3) is 5.63. The van der Waals surface area contributed by atoms with E-state index >= 15 is 0 Å². The highest BCUT2D eigenvalue weighted by molar-refractivity contribution is 5.87. The number of carbonyl (C=O) groups is 2. The number of amides is 1. The first-order chi connectivity index (χ1) is 17.0. The number of nitrogens with zero attached hydrogens (tertiary/aromatic N) is 1. The van der Waals surface area contributed by atoms with Crippen molar-refractivity contribution in [1.82, 2.24) is 4.90 Å². The molecule has 5 nitrogen and oxygen atoms in total. The second-order valence-electron chi connectivity index (χ2n) is 9.37. The van der Waals surface area contributed by atoms with Gasteiger partial charge in [0.2, 0.25) is 5.91 Å². The molecular formula is C30H33NO4. The van der Waals surface area contributed by atoms with E-state index in [1.807, 2.05) is 79.7 Å². The van der Waals surface area contributed by atoms with Crippen molar-refractivity contribution in [2.24, 2.45) is 0 Å². The zero-order valence-electron chi connectivity index (χ0n) is 20.6. The van der Waals surface area contributed by atoms with Crippen LogP contribution in [0.5, 0.6) is 5.75 Å². The lowest BCUT2D eigenvalue weighted by Crippen LogP contribution is -2.45. The van der Waals surface area contributed by atoms with Crippen LogP contribution >= 0.6 is 0 Å². The SMILES string of the molecule is CC(C)c1cccc([C@@H](C)C(=O)N2C(C=O)OC[C@@H]2Cc2ccccc2)c1OCc1ccccc1. The van der Waals surface area contributed by atoms with Crippen molar-refractivity contribution in [1.29, 1.82) is 0 Å². The van der Waals surface area contributed by atoms with E-state index in [-0.39, 0.29) is 17.9 Å². The molecule has 0 saturated carbocycles. The Morgan fingerprint density at radius 3 is 2.20 bits per heavy atom. The topological polar surface area (TPSA) is 55.8 Å². The highest BCUT2D eigenvalue weighted by Gasteiger charge is 2.40. The second kappa shape index (κ2) is 11.3. The van der Waals surface area contributed by atoms with Gasteiger partial charge in [-0.25, -0.2) is 0 Å². The van der Waals surface area contributed by atoms with E-state index in [0.717, 1.165) is 28.0 Å². The molecule has 1 fully saturated rings. The third-order valence-corrected chi connectivity index (χ3v) is 6.57. The standard InChI is InChI=1S/C30H33NO4/c1-21(2)26-15-10-16-27(29(26)35-19-24-13-8-5-9-14-24)22(3)30(33)31-25(20-34-28(31)18-32)17-23-11-6-4-7-12-23/h4-16,18,21-22,25,28H,17,19-20H2,1-3H3/t22-,25+,28?/m1/s1. The Hall–Kier alpha value is -3.44. The number of ether oxygens (including phenoxy) is 2. The van der Waals surface area contributed by atoms with Crippen molar-refractivity contribution in [3.63, 3.8) is 0 Å². The van der Waals surface area contributed by atoms with Gasteiger partial charge in [0, 0.05) is 5.56 Å². The quantitative estimate of drug-likeness (QED) is 0.388. The predicted octanol–water partition coefficient (Wildman–Crippen LogP) is 5.49. The summed E-state index contributed by atoms with van der Waals surface area (Å²) in [6, 6.07) is 25.8. The van der Waals surface area contributed by atoms with E-state index in [1.54, 1.807) is 4.90 Å². The molecule has 182 valence electrons. The first-order valence-corrected chi connectivity index (χ1v) is 12.2. The van der Waals surface area contributed by atoms with Crippen LogP contribution in [0.1, 0.15) is 54.9 Å². The maximum atomic E-state index is 13.9. The van der Waals surface area contributed by atoms with Gasteiger partial charge in [0.15, 0.2) is 12.5 Å². The number of para-hydroxylation sites is 1. The summed E-state index contributed by atoms with van der Waals surface area (Å²) < 4.78 is 12.1. The maximum Gasteiger partial charge on any atom is 0.232 e. The lowest BCUT2D eigenvalue weighted by atomic mass is 9.91. The molecule has 3 aromatic carbocycles. The fourth-order valence-electron chi connectivity index (χ4n) is 4.65. The molecule has 35 heavy (non-hydrogen) atoms. The van der Waals surface area contributed by atoms with E-state index in [2.05, 4.69) is 19.9 Å². The van der Waals surface area contributed by atoms with E-state index in [9.17, 15) is 9.59 Å². The van der Waals surface area contributed by atoms with Crippen LogP contribution in [0.25, 0.3) is 0 Å². The smallest absolute Gasteiger partial charge is 0.232 e. The number of rotatable bonds is 9. The van der Waals surface area contributed by atoms with Gasteiger partial charge in [-0.15, -0.1) is 0 Å². The van der Waals surface area contributed by atoms with Gasteiger partial charge in [0.05, 0.1) is 18.6 Å². The van der Waals surface area contributed by atoms with Crippen LogP contribution in [0.3, 0.4) is 0 Å². The molecule has 1 heterocycles. The van der Waals surface area contributed by atoms with Crippen LogP contribution in [0, 0.1) is 0 Å². The van der Waals surface area contributed by atoms with Gasteiger partial charge in [-0.2, -0.15) is 0 Å². The molecule has 1 unspecified atom stereocenters. The first kappa shape index (κ1) is 24.7. The minimum Gasteiger partial charge on any atom is -0.488 e. The molecular weight excluding hydrogens is 438 g/mol. The van der Waals surface area contributed by atoms with Crippen molar-refractivity contribution in [3.05, 3.63) is 101 Å². The van der Waals surface area contributed by atoms with Gasteiger partial charge in [-0.1, -0.05) is 92.7 Å². The molecule has 0 aliphatic carbocycles. The highest BCUT2D eigenvalue weighted by atomic mass is 16.5. The average Bonchev–Trinajstić information content (AvgIpc) is 3.29. The van der Waals surface area contributed by atoms with Crippen molar-refractivity contribution in [3.8, 4) is 5.75 Å². The molecule has 3 aromatic rings. The van der Waals surface area contributed by atoms with Gasteiger partial charge in [0.1, 0.15) is 12.4 Å². The van der Waals surface area contributed by atoms with E-state index < -0.39 is 12.1 Å². The molecule has 0 radical (unpaired) electrons. The van der Waals surface area contributed by atoms with Gasteiger partial charge >= 0.3 is 0 Å². The predicted molar refractivity (Wildman–Crippen MR) is 136 cm³/mol. The van der Waals surface area contributed by atoms with Crippen LogP contribution in [0.15, 0.2) is 78.9 Å². The Bertz CT molecular complexity index is 1130. The summed E-state index contributed by atoms with van der Waals surface area (Å²) in [5.41, 5.74) is 4.05. The lowest BCUT2D eigenvalue weighted by Gasteiger charge is -2.30. The summed E-state index contributed by atoms with van der Waals surface area (Å²) in [4.78, 5) is 27.3. The summed E-state index contributed by atoms with van der Waals surface area (Å²) in [5, 5.41) is 0. The van der Waals surface area contributed by atoms with Crippen LogP contribution in [0.4, 0.5) is 0 Å². The molecule has 0 spiro atoms. The van der Waals surface area contributed by atoms with Crippen LogP contribution in [-0.4, -0.2) is 36.0 Å². The summed E-state index contributed by atoms with van der Waals surface area (Å²) in [7, 11) is 0. The van der Waals surface area contributed by atoms with Gasteiger partial charge < -0.3 is 14.4 Å². The Balaban J connectivity index is 1.62. The number of aldehydes is 1. The Morgan fingerprint density at radius 1 is 0.943 bits per heavy atom. The zero-order chi connectivity index (χ0) is 24.8. The second-order valence-corrected chi connectivity index (χ2v) is 9.37. The van der Waals surface area contributed by atoms with Crippen molar-refractivity contribution in [2.45, 2.75) is 57.9 Å². The molecule has 1 amide bonds. The molecule has 3 atom stereocenters. The molecule has 5 heteroatoms. The van der Waals surface area contributed by atoms with Gasteiger partial charge in [-0.3, -0.25) is 9.59 Å². The molecule has 1 aliphatic heterocycles. The monoisotopic (exact) mass is 471 g/mol. The number of carbonyl (C=O) groups excluding carboxylic acids is 2. The zero-order valence-corrected chi connectivity index (χ0v) is 20.6. The fraction of sp³-hybridized carbons (Fsp3) is 0.333. The maximum absolute atomic E-state index is 13.9. The van der Waals surface area contributed by atoms with Crippen LogP contribution in [0.2, 0.25) is 0 Å². The minimum absolute atomic E-state index is 0.133. The highest BCUT2D eigenvalue weighted by Crippen LogP contribution is 2.37. The van der Waals surface area contributed by atoms with Crippen molar-refractivity contribution in [2.75, 3.05) is 6.61 Å². The summed E-state index contributed by atoms with van der Waals surface area (Å²) in [6.07, 6.45) is 0.473. The van der Waals surface area contributed by atoms with E-state index in [1.165, 1.54) is 0 Å². The van der Waals surface area contributed by atoms with E-state index in [4.69, 9.17) is 9.47 Å². The van der Waals surface area contributed by atoms with Crippen LogP contribution in [-0.2, 0) is 27.4 Å². The Labute approximate surface area is 207 Å². The minimum atomic E-state index is -0.874. The van der Waals surface area contributed by atoms with Gasteiger partial charge in [-0.05, 0) is 36.0 Å². The number of hydrogen-bond acceptors (Lipinski definition) is 4. The molecule has 1 aliphatic rings. The van der Waals surface area contributed by atoms with Crippen molar-refractivity contribution >= 4 is 12.2 Å². The Morgan fingerprint density at radius 2 is 1.57 bits per heavy atom. The lowest BCUT2D eigenvalue weighted by molar-refractivity contribution is -0.143. The molecule has 0 N–H and O–H groups in total. The molecule has 0 aromatic heterocycles. The number of hydrogen-bond donors (Lipinski definition) is 0. The van der Waals surface area contributed by atoms with Crippen molar-refractivity contribution < 1.29 is 19.1 Å². The normalized spacial score (nSPS) is 18.5.